The number of hydrogen-bond donors (Lipinski definition) is 14. The SMILES string of the molecule is CN(CC(O)C(O)C(O)C(O)CO)c1nc(NCCSOO[O-])nc(Nc2ccc(C=Cc3ccc(Nc4nc(N(C)CC(O)C(O)C(O)C(O)CO)nc(N(CO)CS(=O)[O-])n4)cc3S(=O)(=O)[O-])c(S(=O)(=O)[O-])c2)n1.[Na+].[Na+].[Na+].[Na+]. The fraction of sp³-hybridized carbons (Fsp3) is 0.474. The fourth-order valence-corrected chi connectivity index (χ4v) is 8.51. The number of aromatic nitrogens is 6. The van der Waals surface area contributed by atoms with Crippen molar-refractivity contribution >= 4 is 103 Å². The number of nitrogens with zero attached hydrogens (tertiary/aromatic N) is 9. The minimum atomic E-state index is -5.39. The van der Waals surface area contributed by atoms with Gasteiger partial charge in [0.2, 0.25) is 35.7 Å². The molecule has 0 saturated carbocycles. The van der Waals surface area contributed by atoms with Gasteiger partial charge in [0.05, 0.1) is 28.9 Å². The number of anilines is 8. The molecule has 4 rings (SSSR count). The summed E-state index contributed by atoms with van der Waals surface area (Å²) in [6.45, 7) is -3.93. The molecule has 14 N–H and O–H groups in total. The first-order valence-corrected chi connectivity index (χ1v) is 26.4. The average molecular weight is 1250 g/mol. The summed E-state index contributed by atoms with van der Waals surface area (Å²) in [5.41, 5.74) is -1.01. The van der Waals surface area contributed by atoms with Gasteiger partial charge >= 0.3 is 118 Å². The molecule has 34 nitrogen and oxygen atoms in total. The predicted octanol–water partition coefficient (Wildman–Crippen LogP) is -18.8. The molecular formula is C38H52N12Na4O22S4. The van der Waals surface area contributed by atoms with Gasteiger partial charge < -0.3 is 106 Å². The third-order valence-corrected chi connectivity index (χ3v) is 13.1. The van der Waals surface area contributed by atoms with E-state index in [1.807, 2.05) is 0 Å². The number of aliphatic hydroxyl groups is 11. The zero-order valence-electron chi connectivity index (χ0n) is 43.5. The summed E-state index contributed by atoms with van der Waals surface area (Å²) >= 11 is -2.21. The molecule has 9 atom stereocenters. The summed E-state index contributed by atoms with van der Waals surface area (Å²) in [5, 5.41) is 131. The van der Waals surface area contributed by atoms with Crippen LogP contribution in [0.15, 0.2) is 46.2 Å². The Balaban J connectivity index is 0.0000156. The Hall–Kier alpha value is -1.28. The van der Waals surface area contributed by atoms with E-state index in [2.05, 4.69) is 55.2 Å². The summed E-state index contributed by atoms with van der Waals surface area (Å²) in [6, 6.07) is 6.29. The quantitative estimate of drug-likeness (QED) is 0.00248. The van der Waals surface area contributed by atoms with Gasteiger partial charge in [0.25, 0.3) is 0 Å². The van der Waals surface area contributed by atoms with Crippen molar-refractivity contribution in [3.05, 3.63) is 47.5 Å². The van der Waals surface area contributed by atoms with Gasteiger partial charge in [0.15, 0.2) is 0 Å². The molecule has 9 unspecified atom stereocenters. The molecule has 0 amide bonds. The van der Waals surface area contributed by atoms with Gasteiger partial charge in [0, 0.05) is 62.9 Å². The zero-order chi connectivity index (χ0) is 56.7. The van der Waals surface area contributed by atoms with Crippen LogP contribution in [-0.4, -0.2) is 235 Å². The van der Waals surface area contributed by atoms with E-state index in [0.717, 1.165) is 46.2 Å². The van der Waals surface area contributed by atoms with Crippen molar-refractivity contribution in [1.29, 1.82) is 0 Å². The van der Waals surface area contributed by atoms with Crippen LogP contribution in [0.4, 0.5) is 47.1 Å². The van der Waals surface area contributed by atoms with Gasteiger partial charge in [-0.2, -0.15) is 34.2 Å². The molecule has 2 aromatic heterocycles. The maximum atomic E-state index is 12.6. The normalized spacial score (nSPS) is 15.0. The molecule has 0 aliphatic rings. The van der Waals surface area contributed by atoms with E-state index < -0.39 is 147 Å². The van der Waals surface area contributed by atoms with Gasteiger partial charge in [-0.3, -0.25) is 9.25 Å². The smallest absolute Gasteiger partial charge is 0.771 e. The summed E-state index contributed by atoms with van der Waals surface area (Å²) in [7, 11) is -8.15. The van der Waals surface area contributed by atoms with Gasteiger partial charge in [-0.05, 0) is 46.5 Å². The van der Waals surface area contributed by atoms with Crippen LogP contribution >= 0.6 is 12.0 Å². The van der Waals surface area contributed by atoms with Crippen LogP contribution < -0.4 is 154 Å². The second-order valence-electron chi connectivity index (χ2n) is 15.9. The Morgan fingerprint density at radius 2 is 1.04 bits per heavy atom. The second kappa shape index (κ2) is 37.3. The van der Waals surface area contributed by atoms with E-state index in [0.29, 0.717) is 12.0 Å². The Morgan fingerprint density at radius 1 is 0.637 bits per heavy atom. The van der Waals surface area contributed by atoms with E-state index in [4.69, 9.17) is 10.2 Å². The molecular weight excluding hydrogens is 1200 g/mol. The first kappa shape index (κ1) is 78.7. The zero-order valence-corrected chi connectivity index (χ0v) is 54.7. The van der Waals surface area contributed by atoms with E-state index in [1.54, 1.807) is 0 Å². The minimum absolute atomic E-state index is 0. The van der Waals surface area contributed by atoms with Crippen molar-refractivity contribution in [2.24, 2.45) is 0 Å². The standard InChI is InChI=1S/C38H56N12O22S4.4Na/c1-48(13-23(54)29(58)31(60)25(56)15-51)36-43-33(39-9-10-73-72-71-62)42-34(44-36)40-21-7-5-19(27(11-21)75(65,66)67)3-4-20-6-8-22(12-28(20)76(68,69)70)41-35-45-37(47-38(46-35)50(17-53)18-74(63)64)49(2)14-24(55)30(59)32(61)26(57)16-52;;;;/h3-8,11-12,23-26,29-32,51-62H,9-10,13-18H2,1-2H3,(H,63,64)(H,65,66,67)(H,68,69,70)(H,41,45,46,47)(H2,39,40,42,43,44);;;;/q;4*+1/p-4. The topological polar surface area (TPSA) is 542 Å². The molecule has 0 aliphatic heterocycles. The van der Waals surface area contributed by atoms with Gasteiger partial charge in [-0.25, -0.2) is 16.8 Å². The number of likely N-dealkylation sites (N-methyl/N-ethyl adjacent to an activating group) is 2. The third-order valence-electron chi connectivity index (χ3n) is 10.3. The Labute approximate surface area is 552 Å². The molecule has 0 aliphatic carbocycles. The maximum absolute atomic E-state index is 12.6. The summed E-state index contributed by atoms with van der Waals surface area (Å²) in [6.07, 6.45) is -13.2. The average Bonchev–Trinajstić information content (AvgIpc) is 3.37. The van der Waals surface area contributed by atoms with Crippen molar-refractivity contribution in [1.82, 2.24) is 29.9 Å². The molecule has 0 saturated heterocycles. The summed E-state index contributed by atoms with van der Waals surface area (Å²) < 4.78 is 103. The molecule has 2 aromatic carbocycles. The number of aliphatic hydroxyl groups excluding tert-OH is 11. The van der Waals surface area contributed by atoms with Crippen molar-refractivity contribution in [2.75, 3.05) is 96.0 Å². The molecule has 424 valence electrons. The van der Waals surface area contributed by atoms with Gasteiger partial charge in [0.1, 0.15) is 75.8 Å². The maximum Gasteiger partial charge on any atom is 1.00 e. The molecule has 0 spiro atoms. The summed E-state index contributed by atoms with van der Waals surface area (Å²) in [4.78, 5) is 26.0. The molecule has 80 heavy (non-hydrogen) atoms. The van der Waals surface area contributed by atoms with Gasteiger partial charge in [-0.1, -0.05) is 24.3 Å². The van der Waals surface area contributed by atoms with Crippen LogP contribution in [0.5, 0.6) is 0 Å². The van der Waals surface area contributed by atoms with Gasteiger partial charge in [-0.15, -0.1) is 0 Å². The van der Waals surface area contributed by atoms with E-state index in [9.17, 15) is 85.9 Å². The first-order valence-electron chi connectivity index (χ1n) is 21.5. The largest absolute Gasteiger partial charge is 1.00 e. The van der Waals surface area contributed by atoms with Crippen LogP contribution in [-0.2, 0) is 40.7 Å². The Bertz CT molecular complexity index is 2840. The van der Waals surface area contributed by atoms with Crippen molar-refractivity contribution < 1.29 is 224 Å². The Kier molecular flexibility index (Phi) is 36.7. The van der Waals surface area contributed by atoms with Crippen LogP contribution in [0.25, 0.3) is 12.2 Å². The van der Waals surface area contributed by atoms with Crippen molar-refractivity contribution in [3.8, 4) is 0 Å². The minimum Gasteiger partial charge on any atom is -0.771 e. The molecule has 0 fully saturated rings. The van der Waals surface area contributed by atoms with Crippen LogP contribution in [0.1, 0.15) is 11.1 Å². The molecule has 0 radical (unpaired) electrons. The summed E-state index contributed by atoms with van der Waals surface area (Å²) in [5.74, 6) is -2.87. The molecule has 0 bridgehead atoms. The van der Waals surface area contributed by atoms with E-state index in [1.165, 1.54) is 31.1 Å². The third kappa shape index (κ3) is 24.2. The first-order chi connectivity index (χ1) is 35.7. The van der Waals surface area contributed by atoms with Crippen molar-refractivity contribution in [3.63, 3.8) is 0 Å². The number of benzene rings is 2. The molecule has 42 heteroatoms. The number of hydrogen-bond acceptors (Lipinski definition) is 35. The van der Waals surface area contributed by atoms with Crippen LogP contribution in [0.2, 0.25) is 0 Å². The monoisotopic (exact) mass is 1250 g/mol. The number of nitrogens with one attached hydrogen (secondary N) is 3. The Morgan fingerprint density at radius 3 is 1.44 bits per heavy atom. The van der Waals surface area contributed by atoms with Crippen molar-refractivity contribution in [2.45, 2.75) is 58.6 Å². The number of rotatable bonds is 32. The predicted molar refractivity (Wildman–Crippen MR) is 259 cm³/mol. The van der Waals surface area contributed by atoms with Crippen LogP contribution in [0.3, 0.4) is 0 Å². The fourth-order valence-electron chi connectivity index (χ4n) is 6.38. The molecule has 4 aromatic rings. The molecule has 2 heterocycles. The van der Waals surface area contributed by atoms with Crippen LogP contribution in [0, 0.1) is 0 Å². The van der Waals surface area contributed by atoms with E-state index in [-0.39, 0.29) is 171 Å². The second-order valence-corrected chi connectivity index (χ2v) is 20.2. The van der Waals surface area contributed by atoms with E-state index >= 15 is 0 Å².